The number of aromatic nitrogens is 6. The first kappa shape index (κ1) is 18.1. The van der Waals surface area contributed by atoms with E-state index >= 15 is 0 Å². The third-order valence-electron chi connectivity index (χ3n) is 4.63. The van der Waals surface area contributed by atoms with Crippen LogP contribution in [-0.4, -0.2) is 54.2 Å². The van der Waals surface area contributed by atoms with Crippen molar-refractivity contribution in [2.45, 2.75) is 45.3 Å². The van der Waals surface area contributed by atoms with Gasteiger partial charge in [-0.05, 0) is 12.5 Å². The summed E-state index contributed by atoms with van der Waals surface area (Å²) in [6.45, 7) is 7.91. The maximum atomic E-state index is 9.94. The second kappa shape index (κ2) is 6.69. The number of hydrogen-bond donors (Lipinski definition) is 1. The molecular formula is C18H22ClN7O. The Bertz CT molecular complexity index is 981. The van der Waals surface area contributed by atoms with Crippen molar-refractivity contribution in [3.63, 3.8) is 0 Å². The number of halogens is 1. The SMILES string of the molecule is CC(C)(C)c1nc(N2CCC(O)C2)c2nnn(Cc3cccnc3Cl)c2n1. The van der Waals surface area contributed by atoms with Gasteiger partial charge in [0.1, 0.15) is 11.0 Å². The molecule has 0 radical (unpaired) electrons. The van der Waals surface area contributed by atoms with Gasteiger partial charge in [0.15, 0.2) is 17.0 Å². The van der Waals surface area contributed by atoms with Crippen LogP contribution in [0.1, 0.15) is 38.6 Å². The lowest BCUT2D eigenvalue weighted by molar-refractivity contribution is 0.198. The van der Waals surface area contributed by atoms with Gasteiger partial charge in [-0.25, -0.2) is 19.6 Å². The first-order chi connectivity index (χ1) is 12.8. The number of β-amino-alcohol motifs (C(OH)–C–C–N with tert-alkyl or cyclic N) is 1. The van der Waals surface area contributed by atoms with E-state index < -0.39 is 0 Å². The Morgan fingerprint density at radius 1 is 1.30 bits per heavy atom. The van der Waals surface area contributed by atoms with Gasteiger partial charge in [-0.15, -0.1) is 5.10 Å². The summed E-state index contributed by atoms with van der Waals surface area (Å²) in [7, 11) is 0. The molecule has 0 bridgehead atoms. The Balaban J connectivity index is 1.84. The molecule has 1 saturated heterocycles. The van der Waals surface area contributed by atoms with Gasteiger partial charge >= 0.3 is 0 Å². The summed E-state index contributed by atoms with van der Waals surface area (Å²) in [5, 5.41) is 19.0. The molecular weight excluding hydrogens is 366 g/mol. The van der Waals surface area contributed by atoms with Gasteiger partial charge in [0.2, 0.25) is 0 Å². The van der Waals surface area contributed by atoms with E-state index in [1.165, 1.54) is 0 Å². The number of aliphatic hydroxyl groups is 1. The topological polar surface area (TPSA) is 92.8 Å². The van der Waals surface area contributed by atoms with Crippen LogP contribution in [0, 0.1) is 0 Å². The molecule has 4 rings (SSSR count). The van der Waals surface area contributed by atoms with Crippen molar-refractivity contribution in [1.82, 2.24) is 29.9 Å². The molecule has 0 aliphatic carbocycles. The number of rotatable bonds is 3. The summed E-state index contributed by atoms with van der Waals surface area (Å²) in [4.78, 5) is 15.7. The molecule has 0 saturated carbocycles. The average molecular weight is 388 g/mol. The Hall–Kier alpha value is -2.32. The minimum absolute atomic E-state index is 0.234. The molecule has 0 amide bonds. The van der Waals surface area contributed by atoms with E-state index in [0.717, 1.165) is 24.3 Å². The Morgan fingerprint density at radius 3 is 2.78 bits per heavy atom. The van der Waals surface area contributed by atoms with Gasteiger partial charge in [-0.2, -0.15) is 0 Å². The van der Waals surface area contributed by atoms with Gasteiger partial charge in [0.05, 0.1) is 12.6 Å². The molecule has 27 heavy (non-hydrogen) atoms. The predicted octanol–water partition coefficient (Wildman–Crippen LogP) is 2.19. The lowest BCUT2D eigenvalue weighted by atomic mass is 9.96. The molecule has 1 fully saturated rings. The van der Waals surface area contributed by atoms with E-state index in [1.807, 2.05) is 12.1 Å². The molecule has 3 aromatic heterocycles. The van der Waals surface area contributed by atoms with Crippen LogP contribution < -0.4 is 4.90 Å². The largest absolute Gasteiger partial charge is 0.391 e. The fourth-order valence-electron chi connectivity index (χ4n) is 3.14. The van der Waals surface area contributed by atoms with E-state index in [2.05, 4.69) is 41.0 Å². The second-order valence-electron chi connectivity index (χ2n) is 7.88. The quantitative estimate of drug-likeness (QED) is 0.688. The number of aliphatic hydroxyl groups excluding tert-OH is 1. The number of anilines is 1. The summed E-state index contributed by atoms with van der Waals surface area (Å²) in [5.74, 6) is 1.44. The maximum Gasteiger partial charge on any atom is 0.184 e. The zero-order chi connectivity index (χ0) is 19.2. The Labute approximate surface area is 162 Å². The number of fused-ring (bicyclic) bond motifs is 1. The van der Waals surface area contributed by atoms with E-state index in [4.69, 9.17) is 21.6 Å². The number of pyridine rings is 1. The normalized spacial score (nSPS) is 17.8. The highest BCUT2D eigenvalue weighted by Crippen LogP contribution is 2.29. The van der Waals surface area contributed by atoms with Crippen LogP contribution in [0.4, 0.5) is 5.82 Å². The highest BCUT2D eigenvalue weighted by Gasteiger charge is 2.28. The minimum atomic E-state index is -0.350. The van der Waals surface area contributed by atoms with Gasteiger partial charge in [0.25, 0.3) is 0 Å². The predicted molar refractivity (Wildman–Crippen MR) is 103 cm³/mol. The Kier molecular flexibility index (Phi) is 4.47. The average Bonchev–Trinajstić information content (AvgIpc) is 3.22. The van der Waals surface area contributed by atoms with Crippen molar-refractivity contribution in [2.24, 2.45) is 0 Å². The van der Waals surface area contributed by atoms with E-state index in [-0.39, 0.29) is 11.5 Å². The van der Waals surface area contributed by atoms with Crippen molar-refractivity contribution in [3.05, 3.63) is 34.9 Å². The minimum Gasteiger partial charge on any atom is -0.391 e. The molecule has 1 aliphatic rings. The first-order valence-electron chi connectivity index (χ1n) is 8.97. The molecule has 8 nitrogen and oxygen atoms in total. The summed E-state index contributed by atoms with van der Waals surface area (Å²) < 4.78 is 1.73. The summed E-state index contributed by atoms with van der Waals surface area (Å²) >= 11 is 6.21. The zero-order valence-corrected chi connectivity index (χ0v) is 16.3. The number of hydrogen-bond acceptors (Lipinski definition) is 7. The lowest BCUT2D eigenvalue weighted by Gasteiger charge is -2.21. The molecule has 142 valence electrons. The monoisotopic (exact) mass is 387 g/mol. The third kappa shape index (κ3) is 3.46. The fourth-order valence-corrected chi connectivity index (χ4v) is 3.32. The fraction of sp³-hybridized carbons (Fsp3) is 0.500. The van der Waals surface area contributed by atoms with E-state index in [0.29, 0.717) is 35.2 Å². The van der Waals surface area contributed by atoms with Crippen LogP contribution >= 0.6 is 11.6 Å². The molecule has 1 unspecified atom stereocenters. The lowest BCUT2D eigenvalue weighted by Crippen LogP contribution is -2.25. The van der Waals surface area contributed by atoms with Crippen molar-refractivity contribution in [2.75, 3.05) is 18.0 Å². The van der Waals surface area contributed by atoms with Crippen LogP contribution in [0.25, 0.3) is 11.2 Å². The number of nitrogens with zero attached hydrogens (tertiary/aromatic N) is 7. The molecule has 1 N–H and O–H groups in total. The van der Waals surface area contributed by atoms with E-state index in [1.54, 1.807) is 10.9 Å². The van der Waals surface area contributed by atoms with Crippen LogP contribution in [0.15, 0.2) is 18.3 Å². The smallest absolute Gasteiger partial charge is 0.184 e. The van der Waals surface area contributed by atoms with Gasteiger partial charge in [0, 0.05) is 30.3 Å². The van der Waals surface area contributed by atoms with Gasteiger partial charge < -0.3 is 10.0 Å². The summed E-state index contributed by atoms with van der Waals surface area (Å²) in [6, 6.07) is 3.75. The van der Waals surface area contributed by atoms with Gasteiger partial charge in [-0.1, -0.05) is 43.7 Å². The second-order valence-corrected chi connectivity index (χ2v) is 8.24. The van der Waals surface area contributed by atoms with Crippen molar-refractivity contribution >= 4 is 28.6 Å². The molecule has 1 atom stereocenters. The van der Waals surface area contributed by atoms with Crippen molar-refractivity contribution in [3.8, 4) is 0 Å². The highest BCUT2D eigenvalue weighted by atomic mass is 35.5. The first-order valence-corrected chi connectivity index (χ1v) is 9.35. The molecule has 0 aromatic carbocycles. The third-order valence-corrected chi connectivity index (χ3v) is 4.97. The molecule has 3 aromatic rings. The standard InChI is InChI=1S/C18H22ClN7O/c1-18(2,3)17-21-15(25-8-6-12(27)10-25)13-16(22-17)26(24-23-13)9-11-5-4-7-20-14(11)19/h4-5,7,12,27H,6,8-10H2,1-3H3. The summed E-state index contributed by atoms with van der Waals surface area (Å²) in [5.41, 5.74) is 1.91. The van der Waals surface area contributed by atoms with Gasteiger partial charge in [-0.3, -0.25) is 0 Å². The van der Waals surface area contributed by atoms with Crippen molar-refractivity contribution in [1.29, 1.82) is 0 Å². The van der Waals surface area contributed by atoms with Crippen molar-refractivity contribution < 1.29 is 5.11 Å². The molecule has 1 aliphatic heterocycles. The molecule has 4 heterocycles. The van der Waals surface area contributed by atoms with Crippen LogP contribution in [-0.2, 0) is 12.0 Å². The van der Waals surface area contributed by atoms with Crippen LogP contribution in [0.3, 0.4) is 0 Å². The zero-order valence-electron chi connectivity index (χ0n) is 15.6. The highest BCUT2D eigenvalue weighted by molar-refractivity contribution is 6.30. The van der Waals surface area contributed by atoms with E-state index in [9.17, 15) is 5.11 Å². The molecule has 0 spiro atoms. The maximum absolute atomic E-state index is 9.94. The van der Waals surface area contributed by atoms with Crippen LogP contribution in [0.2, 0.25) is 5.15 Å². The summed E-state index contributed by atoms with van der Waals surface area (Å²) in [6.07, 6.45) is 2.02. The van der Waals surface area contributed by atoms with Crippen LogP contribution in [0.5, 0.6) is 0 Å². The molecule has 9 heteroatoms. The Morgan fingerprint density at radius 2 is 2.11 bits per heavy atom.